The Morgan fingerprint density at radius 1 is 1.11 bits per heavy atom. The molecule has 35 heavy (non-hydrogen) atoms. The van der Waals surface area contributed by atoms with E-state index in [-0.39, 0.29) is 17.0 Å². The van der Waals surface area contributed by atoms with Gasteiger partial charge in [-0.05, 0) is 54.4 Å². The van der Waals surface area contributed by atoms with Crippen molar-refractivity contribution in [3.05, 3.63) is 82.7 Å². The van der Waals surface area contributed by atoms with Gasteiger partial charge in [-0.3, -0.25) is 9.10 Å². The predicted octanol–water partition coefficient (Wildman–Crippen LogP) is 3.84. The van der Waals surface area contributed by atoms with E-state index in [1.807, 2.05) is 42.5 Å². The summed E-state index contributed by atoms with van der Waals surface area (Å²) in [4.78, 5) is 17.8. The standard InChI is InChI=1S/C26H21N3O4S2/c1-3-16-28-24-22(33-2)9-6-10-23(24)34-26(28)27-25(30)19-11-13-20(14-12-19)35(31,32)29-17-15-18-7-4-5-8-21(18)29/h1,4-14H,15-17H2,2H3. The zero-order valence-electron chi connectivity index (χ0n) is 18.8. The van der Waals surface area contributed by atoms with Crippen LogP contribution in [0.4, 0.5) is 5.69 Å². The molecule has 176 valence electrons. The van der Waals surface area contributed by atoms with Crippen LogP contribution < -0.4 is 13.8 Å². The monoisotopic (exact) mass is 503 g/mol. The number of carbonyl (C=O) groups excluding carboxylic acids is 1. The molecule has 0 spiro atoms. The molecule has 1 aliphatic heterocycles. The number of methoxy groups -OCH3 is 1. The first kappa shape index (κ1) is 22.9. The molecule has 0 atom stereocenters. The number of carbonyl (C=O) groups is 1. The van der Waals surface area contributed by atoms with Crippen molar-refractivity contribution in [1.82, 2.24) is 4.57 Å². The second kappa shape index (κ2) is 9.06. The number of aromatic nitrogens is 1. The van der Waals surface area contributed by atoms with Gasteiger partial charge in [0.1, 0.15) is 11.3 Å². The van der Waals surface area contributed by atoms with Crippen LogP contribution in [0.15, 0.2) is 76.6 Å². The minimum Gasteiger partial charge on any atom is -0.495 e. The number of thiazole rings is 1. The van der Waals surface area contributed by atoms with Crippen molar-refractivity contribution in [3.63, 3.8) is 0 Å². The van der Waals surface area contributed by atoms with Crippen LogP contribution in [0.3, 0.4) is 0 Å². The second-order valence-corrected chi connectivity index (χ2v) is 10.8. The fourth-order valence-electron chi connectivity index (χ4n) is 4.19. The number of hydrogen-bond acceptors (Lipinski definition) is 5. The average Bonchev–Trinajstić information content (AvgIpc) is 3.46. The van der Waals surface area contributed by atoms with Gasteiger partial charge in [-0.15, -0.1) is 6.42 Å². The lowest BCUT2D eigenvalue weighted by atomic mass is 10.2. The summed E-state index contributed by atoms with van der Waals surface area (Å²) < 4.78 is 36.0. The largest absolute Gasteiger partial charge is 0.495 e. The third-order valence-corrected chi connectivity index (χ3v) is 8.74. The van der Waals surface area contributed by atoms with Crippen molar-refractivity contribution in [3.8, 4) is 18.1 Å². The lowest BCUT2D eigenvalue weighted by Crippen LogP contribution is -2.29. The zero-order chi connectivity index (χ0) is 24.6. The van der Waals surface area contributed by atoms with Crippen LogP contribution in [0.25, 0.3) is 10.2 Å². The van der Waals surface area contributed by atoms with Gasteiger partial charge in [-0.1, -0.05) is 41.5 Å². The molecule has 0 N–H and O–H groups in total. The molecule has 0 fully saturated rings. The summed E-state index contributed by atoms with van der Waals surface area (Å²) >= 11 is 1.33. The summed E-state index contributed by atoms with van der Waals surface area (Å²) in [5.41, 5.74) is 2.75. The van der Waals surface area contributed by atoms with Crippen LogP contribution in [0.2, 0.25) is 0 Å². The third kappa shape index (κ3) is 4.01. The van der Waals surface area contributed by atoms with Crippen molar-refractivity contribution in [2.24, 2.45) is 4.99 Å². The highest BCUT2D eigenvalue weighted by Gasteiger charge is 2.30. The number of rotatable bonds is 5. The number of hydrogen-bond donors (Lipinski definition) is 0. The van der Waals surface area contributed by atoms with Gasteiger partial charge in [0.2, 0.25) is 0 Å². The average molecular weight is 504 g/mol. The van der Waals surface area contributed by atoms with E-state index in [0.717, 1.165) is 15.8 Å². The molecule has 0 bridgehead atoms. The summed E-state index contributed by atoms with van der Waals surface area (Å²) in [7, 11) is -2.16. The first-order valence-corrected chi connectivity index (χ1v) is 13.1. The molecule has 0 aliphatic carbocycles. The molecular weight excluding hydrogens is 482 g/mol. The van der Waals surface area contributed by atoms with Gasteiger partial charge < -0.3 is 9.30 Å². The molecule has 1 amide bonds. The summed E-state index contributed by atoms with van der Waals surface area (Å²) in [5, 5.41) is 0. The number of sulfonamides is 1. The minimum absolute atomic E-state index is 0.125. The Balaban J connectivity index is 1.48. The van der Waals surface area contributed by atoms with Crippen LogP contribution in [-0.4, -0.2) is 32.5 Å². The highest BCUT2D eigenvalue weighted by molar-refractivity contribution is 7.92. The fourth-order valence-corrected chi connectivity index (χ4v) is 6.74. The van der Waals surface area contributed by atoms with E-state index >= 15 is 0 Å². The molecule has 3 aromatic carbocycles. The van der Waals surface area contributed by atoms with Gasteiger partial charge in [0, 0.05) is 12.1 Å². The molecule has 1 aliphatic rings. The van der Waals surface area contributed by atoms with Crippen LogP contribution in [0.1, 0.15) is 15.9 Å². The van der Waals surface area contributed by atoms with Crippen molar-refractivity contribution in [1.29, 1.82) is 0 Å². The molecule has 9 heteroatoms. The maximum absolute atomic E-state index is 13.2. The van der Waals surface area contributed by atoms with E-state index < -0.39 is 15.9 Å². The zero-order valence-corrected chi connectivity index (χ0v) is 20.5. The van der Waals surface area contributed by atoms with Gasteiger partial charge in [-0.2, -0.15) is 4.99 Å². The topological polar surface area (TPSA) is 81.0 Å². The normalized spacial score (nSPS) is 13.6. The van der Waals surface area contributed by atoms with Crippen LogP contribution >= 0.6 is 11.3 Å². The van der Waals surface area contributed by atoms with Crippen molar-refractivity contribution < 1.29 is 17.9 Å². The van der Waals surface area contributed by atoms with Gasteiger partial charge >= 0.3 is 0 Å². The highest BCUT2D eigenvalue weighted by Crippen LogP contribution is 2.32. The van der Waals surface area contributed by atoms with Crippen LogP contribution in [0, 0.1) is 12.3 Å². The molecule has 0 saturated heterocycles. The molecule has 0 radical (unpaired) electrons. The number of fused-ring (bicyclic) bond motifs is 2. The maximum Gasteiger partial charge on any atom is 0.279 e. The van der Waals surface area contributed by atoms with Gasteiger partial charge in [0.05, 0.1) is 28.9 Å². The van der Waals surface area contributed by atoms with E-state index in [9.17, 15) is 13.2 Å². The first-order valence-electron chi connectivity index (χ1n) is 10.8. The minimum atomic E-state index is -3.74. The lowest BCUT2D eigenvalue weighted by molar-refractivity contribution is 0.0997. The first-order chi connectivity index (χ1) is 16.9. The van der Waals surface area contributed by atoms with Crippen molar-refractivity contribution in [2.75, 3.05) is 18.0 Å². The van der Waals surface area contributed by atoms with Crippen LogP contribution in [0.5, 0.6) is 5.75 Å². The van der Waals surface area contributed by atoms with E-state index in [1.165, 1.54) is 39.9 Å². The van der Waals surface area contributed by atoms with E-state index in [0.29, 0.717) is 29.2 Å². The SMILES string of the molecule is C#CCn1c(=NC(=O)c2ccc(S(=O)(=O)N3CCc4ccccc43)cc2)sc2cccc(OC)c21. The molecule has 4 aromatic rings. The Hall–Kier alpha value is -3.87. The van der Waals surface area contributed by atoms with Crippen LogP contribution in [-0.2, 0) is 23.0 Å². The second-order valence-electron chi connectivity index (χ2n) is 7.88. The van der Waals surface area contributed by atoms with E-state index in [1.54, 1.807) is 11.7 Å². The Morgan fingerprint density at radius 2 is 1.89 bits per heavy atom. The smallest absolute Gasteiger partial charge is 0.279 e. The van der Waals surface area contributed by atoms with Crippen molar-refractivity contribution in [2.45, 2.75) is 17.9 Å². The molecule has 7 nitrogen and oxygen atoms in total. The number of benzene rings is 3. The Bertz CT molecular complexity index is 1660. The molecule has 0 unspecified atom stereocenters. The number of terminal acetylenes is 1. The number of anilines is 1. The number of ether oxygens (including phenoxy) is 1. The molecule has 0 saturated carbocycles. The fraction of sp³-hybridized carbons (Fsp3) is 0.154. The highest BCUT2D eigenvalue weighted by atomic mass is 32.2. The lowest BCUT2D eigenvalue weighted by Gasteiger charge is -2.19. The Morgan fingerprint density at radius 3 is 2.63 bits per heavy atom. The summed E-state index contributed by atoms with van der Waals surface area (Å²) in [6.07, 6.45) is 6.23. The molecule has 5 rings (SSSR count). The molecule has 2 heterocycles. The third-order valence-electron chi connectivity index (χ3n) is 5.86. The summed E-state index contributed by atoms with van der Waals surface area (Å²) in [6.45, 7) is 0.614. The molecule has 1 aromatic heterocycles. The summed E-state index contributed by atoms with van der Waals surface area (Å²) in [5.74, 6) is 2.75. The quantitative estimate of drug-likeness (QED) is 0.388. The predicted molar refractivity (Wildman–Crippen MR) is 136 cm³/mol. The number of amides is 1. The summed E-state index contributed by atoms with van der Waals surface area (Å²) in [6, 6.07) is 18.9. The van der Waals surface area contributed by atoms with E-state index in [2.05, 4.69) is 10.9 Å². The Kier molecular flexibility index (Phi) is 5.93. The van der Waals surface area contributed by atoms with Gasteiger partial charge in [0.25, 0.3) is 15.9 Å². The van der Waals surface area contributed by atoms with Crippen molar-refractivity contribution >= 4 is 43.2 Å². The van der Waals surface area contributed by atoms with Gasteiger partial charge in [0.15, 0.2) is 4.80 Å². The van der Waals surface area contributed by atoms with Gasteiger partial charge in [-0.25, -0.2) is 8.42 Å². The molecular formula is C26H21N3O4S2. The number of nitrogens with zero attached hydrogens (tertiary/aromatic N) is 3. The van der Waals surface area contributed by atoms with E-state index in [4.69, 9.17) is 11.2 Å². The number of para-hydroxylation sites is 2. The maximum atomic E-state index is 13.2. The Labute approximate surface area is 207 Å².